The van der Waals surface area contributed by atoms with E-state index in [0.717, 1.165) is 5.56 Å². The lowest BCUT2D eigenvalue weighted by atomic mass is 10.1. The van der Waals surface area contributed by atoms with Gasteiger partial charge >= 0.3 is 0 Å². The number of carbonyl (C=O) groups is 1. The molecule has 2 atom stereocenters. The lowest BCUT2D eigenvalue weighted by Gasteiger charge is -2.37. The third-order valence-corrected chi connectivity index (χ3v) is 4.19. The molecule has 1 aromatic heterocycles. The Hall–Kier alpha value is -2.18. The molecular formula is C18H22N2O4. The van der Waals surface area contributed by atoms with E-state index in [2.05, 4.69) is 4.98 Å². The Bertz CT molecular complexity index is 671. The van der Waals surface area contributed by atoms with Crippen LogP contribution in [0.1, 0.15) is 19.2 Å². The van der Waals surface area contributed by atoms with Crippen molar-refractivity contribution < 1.29 is 19.1 Å². The lowest BCUT2D eigenvalue weighted by molar-refractivity contribution is -0.146. The molecule has 0 aliphatic carbocycles. The van der Waals surface area contributed by atoms with E-state index in [1.165, 1.54) is 0 Å². The molecule has 1 fully saturated rings. The summed E-state index contributed by atoms with van der Waals surface area (Å²) in [5.41, 5.74) is 0.968. The Morgan fingerprint density at radius 3 is 2.92 bits per heavy atom. The van der Waals surface area contributed by atoms with Crippen LogP contribution in [0.3, 0.4) is 0 Å². The number of morpholine rings is 1. The summed E-state index contributed by atoms with van der Waals surface area (Å²) in [6, 6.07) is 9.77. The number of benzene rings is 1. The number of hydrogen-bond donors (Lipinski definition) is 1. The molecule has 2 unspecified atom stereocenters. The quantitative estimate of drug-likeness (QED) is 0.906. The van der Waals surface area contributed by atoms with Gasteiger partial charge in [0.2, 0.25) is 5.91 Å². The zero-order chi connectivity index (χ0) is 16.9. The molecule has 1 N–H and O–H groups in total. The van der Waals surface area contributed by atoms with Crippen LogP contribution in [0, 0.1) is 0 Å². The number of carbonyl (C=O) groups excluding carboxylic acids is 1. The molecule has 3 rings (SSSR count). The van der Waals surface area contributed by atoms with Gasteiger partial charge in [-0.05, 0) is 6.92 Å². The van der Waals surface area contributed by atoms with Gasteiger partial charge in [0.05, 0.1) is 31.6 Å². The maximum absolute atomic E-state index is 12.4. The van der Waals surface area contributed by atoms with E-state index in [1.807, 2.05) is 37.3 Å². The van der Waals surface area contributed by atoms with Crippen molar-refractivity contribution in [3.63, 3.8) is 0 Å². The van der Waals surface area contributed by atoms with Crippen molar-refractivity contribution in [1.29, 1.82) is 0 Å². The Morgan fingerprint density at radius 2 is 2.17 bits per heavy atom. The Morgan fingerprint density at radius 1 is 1.38 bits per heavy atom. The lowest BCUT2D eigenvalue weighted by Crippen LogP contribution is -2.52. The SMILES string of the molecule is CC1COC(CO)CN1C(=O)CCc1ncc(-c2ccccc2)o1. The summed E-state index contributed by atoms with van der Waals surface area (Å²) in [4.78, 5) is 18.5. The van der Waals surface area contributed by atoms with Gasteiger partial charge in [0, 0.05) is 24.9 Å². The summed E-state index contributed by atoms with van der Waals surface area (Å²) in [5.74, 6) is 1.30. The molecule has 0 bridgehead atoms. The fourth-order valence-corrected chi connectivity index (χ4v) is 2.79. The van der Waals surface area contributed by atoms with E-state index in [0.29, 0.717) is 37.6 Å². The number of ether oxygens (including phenoxy) is 1. The number of hydrogen-bond acceptors (Lipinski definition) is 5. The van der Waals surface area contributed by atoms with Crippen LogP contribution in [-0.2, 0) is 16.0 Å². The standard InChI is InChI=1S/C18H22N2O4/c1-13-12-23-15(11-21)10-20(13)18(22)8-7-17-19-9-16(24-17)14-5-3-2-4-6-14/h2-6,9,13,15,21H,7-8,10-12H2,1H3. The van der Waals surface area contributed by atoms with Gasteiger partial charge in [-0.2, -0.15) is 0 Å². The van der Waals surface area contributed by atoms with Crippen LogP contribution in [-0.4, -0.2) is 52.8 Å². The fraction of sp³-hybridized carbons (Fsp3) is 0.444. The van der Waals surface area contributed by atoms with E-state index < -0.39 is 0 Å². The van der Waals surface area contributed by atoms with Gasteiger partial charge in [-0.3, -0.25) is 4.79 Å². The van der Waals surface area contributed by atoms with Crippen LogP contribution < -0.4 is 0 Å². The van der Waals surface area contributed by atoms with Gasteiger partial charge in [-0.15, -0.1) is 0 Å². The molecule has 1 saturated heterocycles. The first-order valence-corrected chi connectivity index (χ1v) is 8.19. The molecule has 128 valence electrons. The molecule has 1 aliphatic heterocycles. The number of aryl methyl sites for hydroxylation is 1. The van der Waals surface area contributed by atoms with Crippen LogP contribution in [0.4, 0.5) is 0 Å². The van der Waals surface area contributed by atoms with Crippen molar-refractivity contribution in [1.82, 2.24) is 9.88 Å². The number of oxazole rings is 1. The first-order valence-electron chi connectivity index (χ1n) is 8.19. The van der Waals surface area contributed by atoms with Crippen molar-refractivity contribution in [2.45, 2.75) is 31.9 Å². The zero-order valence-electron chi connectivity index (χ0n) is 13.7. The summed E-state index contributed by atoms with van der Waals surface area (Å²) < 4.78 is 11.2. The molecule has 0 spiro atoms. The molecular weight excluding hydrogens is 308 g/mol. The molecule has 1 aliphatic rings. The van der Waals surface area contributed by atoms with Gasteiger partial charge in [-0.1, -0.05) is 30.3 Å². The number of rotatable bonds is 5. The molecule has 0 radical (unpaired) electrons. The molecule has 24 heavy (non-hydrogen) atoms. The third kappa shape index (κ3) is 3.83. The minimum atomic E-state index is -0.295. The minimum Gasteiger partial charge on any atom is -0.441 e. The van der Waals surface area contributed by atoms with E-state index in [9.17, 15) is 9.90 Å². The second-order valence-corrected chi connectivity index (χ2v) is 6.02. The normalized spacial score (nSPS) is 21.0. The van der Waals surface area contributed by atoms with Crippen LogP contribution in [0.15, 0.2) is 40.9 Å². The largest absolute Gasteiger partial charge is 0.441 e. The average Bonchev–Trinajstić information content (AvgIpc) is 3.10. The van der Waals surface area contributed by atoms with Crippen molar-refractivity contribution >= 4 is 5.91 Å². The number of aromatic nitrogens is 1. The van der Waals surface area contributed by atoms with Gasteiger partial charge < -0.3 is 19.2 Å². The predicted octanol–water partition coefficient (Wildman–Crippen LogP) is 1.88. The third-order valence-electron chi connectivity index (χ3n) is 4.19. The summed E-state index contributed by atoms with van der Waals surface area (Å²) in [7, 11) is 0. The molecule has 6 heteroatoms. The van der Waals surface area contributed by atoms with Crippen molar-refractivity contribution in [3.05, 3.63) is 42.4 Å². The highest BCUT2D eigenvalue weighted by Crippen LogP contribution is 2.21. The van der Waals surface area contributed by atoms with Gasteiger partial charge in [0.25, 0.3) is 0 Å². The van der Waals surface area contributed by atoms with E-state index in [1.54, 1.807) is 11.1 Å². The maximum Gasteiger partial charge on any atom is 0.223 e. The summed E-state index contributed by atoms with van der Waals surface area (Å²) >= 11 is 0. The highest BCUT2D eigenvalue weighted by atomic mass is 16.5. The van der Waals surface area contributed by atoms with Crippen molar-refractivity contribution in [2.24, 2.45) is 0 Å². The molecule has 6 nitrogen and oxygen atoms in total. The van der Waals surface area contributed by atoms with Crippen LogP contribution in [0.25, 0.3) is 11.3 Å². The van der Waals surface area contributed by atoms with Crippen LogP contribution in [0.2, 0.25) is 0 Å². The van der Waals surface area contributed by atoms with Crippen LogP contribution >= 0.6 is 0 Å². The number of amides is 1. The zero-order valence-corrected chi connectivity index (χ0v) is 13.7. The van der Waals surface area contributed by atoms with E-state index in [4.69, 9.17) is 9.15 Å². The Labute approximate surface area is 141 Å². The monoisotopic (exact) mass is 330 g/mol. The predicted molar refractivity (Wildman–Crippen MR) is 88.3 cm³/mol. The highest BCUT2D eigenvalue weighted by molar-refractivity contribution is 5.76. The number of aliphatic hydroxyl groups excluding tert-OH is 1. The molecule has 1 amide bonds. The topological polar surface area (TPSA) is 75.8 Å². The summed E-state index contributed by atoms with van der Waals surface area (Å²) in [5, 5.41) is 9.21. The van der Waals surface area contributed by atoms with Gasteiger partial charge in [0.15, 0.2) is 11.7 Å². The second kappa shape index (κ2) is 7.59. The van der Waals surface area contributed by atoms with Crippen LogP contribution in [0.5, 0.6) is 0 Å². The highest BCUT2D eigenvalue weighted by Gasteiger charge is 2.29. The Balaban J connectivity index is 1.57. The van der Waals surface area contributed by atoms with Crippen molar-refractivity contribution in [2.75, 3.05) is 19.8 Å². The smallest absolute Gasteiger partial charge is 0.223 e. The first-order chi connectivity index (χ1) is 11.7. The van der Waals surface area contributed by atoms with E-state index >= 15 is 0 Å². The molecule has 2 heterocycles. The van der Waals surface area contributed by atoms with Gasteiger partial charge in [0.1, 0.15) is 0 Å². The summed E-state index contributed by atoms with van der Waals surface area (Å²) in [6.45, 7) is 2.76. The molecule has 2 aromatic rings. The maximum atomic E-state index is 12.4. The summed E-state index contributed by atoms with van der Waals surface area (Å²) in [6.07, 6.45) is 2.18. The Kier molecular flexibility index (Phi) is 5.27. The first kappa shape index (κ1) is 16.7. The molecule has 1 aromatic carbocycles. The second-order valence-electron chi connectivity index (χ2n) is 6.02. The minimum absolute atomic E-state index is 0.0183. The number of aliphatic hydroxyl groups is 1. The fourth-order valence-electron chi connectivity index (χ4n) is 2.79. The van der Waals surface area contributed by atoms with Gasteiger partial charge in [-0.25, -0.2) is 4.98 Å². The number of nitrogens with zero attached hydrogens (tertiary/aromatic N) is 2. The molecule has 0 saturated carbocycles. The van der Waals surface area contributed by atoms with Crippen molar-refractivity contribution in [3.8, 4) is 11.3 Å². The van der Waals surface area contributed by atoms with E-state index in [-0.39, 0.29) is 24.7 Å². The average molecular weight is 330 g/mol.